The maximum atomic E-state index is 9.72. The van der Waals surface area contributed by atoms with Crippen molar-refractivity contribution >= 4 is 23.0 Å². The lowest BCUT2D eigenvalue weighted by molar-refractivity contribution is 0.477. The van der Waals surface area contributed by atoms with Crippen LogP contribution in [0.3, 0.4) is 0 Å². The first-order valence-electron chi connectivity index (χ1n) is 4.72. The number of benzene rings is 2. The Morgan fingerprint density at radius 2 is 1.56 bits per heavy atom. The number of hydrogen-bond donors (Lipinski definition) is 3. The van der Waals surface area contributed by atoms with E-state index in [2.05, 4.69) is 0 Å². The number of nitrogens with two attached hydrogens (primary N) is 2. The summed E-state index contributed by atoms with van der Waals surface area (Å²) in [4.78, 5) is 0. The van der Waals surface area contributed by atoms with Crippen molar-refractivity contribution in [1.82, 2.24) is 0 Å². The Balaban J connectivity index is 2.65. The van der Waals surface area contributed by atoms with Crippen LogP contribution in [0.5, 0.6) is 5.75 Å². The van der Waals surface area contributed by atoms with Crippen LogP contribution in [-0.2, 0) is 0 Å². The second-order valence-corrected chi connectivity index (χ2v) is 3.89. The lowest BCUT2D eigenvalue weighted by Gasteiger charge is -2.09. The molecule has 82 valence electrons. The van der Waals surface area contributed by atoms with Gasteiger partial charge in [-0.25, -0.2) is 0 Å². The number of halogens is 1. The van der Waals surface area contributed by atoms with Crippen molar-refractivity contribution in [3.05, 3.63) is 41.4 Å². The molecule has 0 saturated carbocycles. The van der Waals surface area contributed by atoms with E-state index in [0.29, 0.717) is 27.5 Å². The average molecular weight is 235 g/mol. The molecule has 0 unspecified atom stereocenters. The monoisotopic (exact) mass is 234 g/mol. The molecule has 5 N–H and O–H groups in total. The summed E-state index contributed by atoms with van der Waals surface area (Å²) in [5, 5.41) is 10.2. The Morgan fingerprint density at radius 3 is 2.25 bits per heavy atom. The maximum absolute atomic E-state index is 9.72. The summed E-state index contributed by atoms with van der Waals surface area (Å²) in [6, 6.07) is 10.2. The topological polar surface area (TPSA) is 72.3 Å². The van der Waals surface area contributed by atoms with Crippen molar-refractivity contribution in [2.24, 2.45) is 0 Å². The first-order valence-corrected chi connectivity index (χ1v) is 5.10. The third-order valence-electron chi connectivity index (χ3n) is 2.37. The minimum atomic E-state index is 0.161. The van der Waals surface area contributed by atoms with Crippen LogP contribution in [0.1, 0.15) is 0 Å². The Morgan fingerprint density at radius 1 is 0.938 bits per heavy atom. The van der Waals surface area contributed by atoms with Crippen LogP contribution < -0.4 is 11.5 Å². The largest absolute Gasteiger partial charge is 0.507 e. The molecule has 0 saturated heterocycles. The van der Waals surface area contributed by atoms with Gasteiger partial charge in [-0.1, -0.05) is 29.8 Å². The fourth-order valence-corrected chi connectivity index (χ4v) is 1.79. The summed E-state index contributed by atoms with van der Waals surface area (Å²) in [6.45, 7) is 0. The van der Waals surface area contributed by atoms with Crippen molar-refractivity contribution in [3.63, 3.8) is 0 Å². The van der Waals surface area contributed by atoms with Gasteiger partial charge in [-0.2, -0.15) is 0 Å². The van der Waals surface area contributed by atoms with E-state index in [-0.39, 0.29) is 5.75 Å². The Labute approximate surface area is 98.3 Å². The van der Waals surface area contributed by atoms with Gasteiger partial charge in [0.05, 0.1) is 16.4 Å². The third kappa shape index (κ3) is 1.77. The highest BCUT2D eigenvalue weighted by Gasteiger charge is 2.09. The lowest BCUT2D eigenvalue weighted by atomic mass is 10.0. The minimum absolute atomic E-state index is 0.161. The SMILES string of the molecule is Nc1cc(Cl)c(-c2ccccc2O)cc1N. The summed E-state index contributed by atoms with van der Waals surface area (Å²) in [5.41, 5.74) is 13.5. The summed E-state index contributed by atoms with van der Waals surface area (Å²) in [7, 11) is 0. The van der Waals surface area contributed by atoms with Crippen LogP contribution in [0.4, 0.5) is 11.4 Å². The molecule has 0 bridgehead atoms. The number of phenolic OH excluding ortho intramolecular Hbond substituents is 1. The molecule has 0 radical (unpaired) electrons. The number of rotatable bonds is 1. The number of phenols is 1. The van der Waals surface area contributed by atoms with Gasteiger partial charge in [0.25, 0.3) is 0 Å². The molecule has 4 heteroatoms. The van der Waals surface area contributed by atoms with Crippen molar-refractivity contribution in [3.8, 4) is 16.9 Å². The van der Waals surface area contributed by atoms with E-state index in [1.54, 1.807) is 30.3 Å². The minimum Gasteiger partial charge on any atom is -0.507 e. The van der Waals surface area contributed by atoms with Gasteiger partial charge in [0, 0.05) is 11.1 Å². The van der Waals surface area contributed by atoms with E-state index in [9.17, 15) is 5.11 Å². The molecule has 0 fully saturated rings. The van der Waals surface area contributed by atoms with E-state index in [1.807, 2.05) is 6.07 Å². The van der Waals surface area contributed by atoms with Gasteiger partial charge in [0.2, 0.25) is 0 Å². The highest BCUT2D eigenvalue weighted by Crippen LogP contribution is 2.37. The van der Waals surface area contributed by atoms with Crippen molar-refractivity contribution in [2.75, 3.05) is 11.5 Å². The van der Waals surface area contributed by atoms with Gasteiger partial charge in [0.1, 0.15) is 5.75 Å². The standard InChI is InChI=1S/C12H11ClN2O/c13-9-6-11(15)10(14)5-8(9)7-3-1-2-4-12(7)16/h1-6,16H,14-15H2. The molecule has 0 spiro atoms. The third-order valence-corrected chi connectivity index (χ3v) is 2.68. The number of nitrogen functional groups attached to an aromatic ring is 2. The second kappa shape index (κ2) is 3.94. The molecular formula is C12H11ClN2O. The molecule has 3 nitrogen and oxygen atoms in total. The van der Waals surface area contributed by atoms with Gasteiger partial charge in [-0.15, -0.1) is 0 Å². The van der Waals surface area contributed by atoms with Crippen LogP contribution >= 0.6 is 11.6 Å². The van der Waals surface area contributed by atoms with Gasteiger partial charge < -0.3 is 16.6 Å². The van der Waals surface area contributed by atoms with Gasteiger partial charge >= 0.3 is 0 Å². The zero-order valence-corrected chi connectivity index (χ0v) is 9.20. The zero-order chi connectivity index (χ0) is 11.7. The van der Waals surface area contributed by atoms with E-state index in [0.717, 1.165) is 0 Å². The average Bonchev–Trinajstić information content (AvgIpc) is 2.25. The van der Waals surface area contributed by atoms with Crippen molar-refractivity contribution in [2.45, 2.75) is 0 Å². The molecule has 0 aliphatic rings. The Bertz CT molecular complexity index is 541. The molecule has 0 amide bonds. The summed E-state index contributed by atoms with van der Waals surface area (Å²) >= 11 is 6.06. The molecule has 0 aliphatic carbocycles. The lowest BCUT2D eigenvalue weighted by Crippen LogP contribution is -1.95. The predicted octanol–water partition coefficient (Wildman–Crippen LogP) is 2.88. The van der Waals surface area contributed by atoms with Crippen LogP contribution in [0.2, 0.25) is 5.02 Å². The molecule has 0 atom stereocenters. The maximum Gasteiger partial charge on any atom is 0.123 e. The summed E-state index contributed by atoms with van der Waals surface area (Å²) in [5.74, 6) is 0.161. The Kier molecular flexibility index (Phi) is 2.62. The number of hydrogen-bond acceptors (Lipinski definition) is 3. The molecule has 2 aromatic rings. The number of para-hydroxylation sites is 1. The predicted molar refractivity (Wildman–Crippen MR) is 67.4 cm³/mol. The molecular weight excluding hydrogens is 224 g/mol. The smallest absolute Gasteiger partial charge is 0.123 e. The fraction of sp³-hybridized carbons (Fsp3) is 0. The first-order chi connectivity index (χ1) is 7.59. The molecule has 2 aromatic carbocycles. The van der Waals surface area contributed by atoms with E-state index in [4.69, 9.17) is 23.1 Å². The number of anilines is 2. The van der Waals surface area contributed by atoms with E-state index < -0.39 is 0 Å². The molecule has 0 aliphatic heterocycles. The van der Waals surface area contributed by atoms with E-state index >= 15 is 0 Å². The molecule has 2 rings (SSSR count). The van der Waals surface area contributed by atoms with E-state index in [1.165, 1.54) is 0 Å². The van der Waals surface area contributed by atoms with Crippen LogP contribution in [0, 0.1) is 0 Å². The van der Waals surface area contributed by atoms with Gasteiger partial charge in [-0.3, -0.25) is 0 Å². The highest BCUT2D eigenvalue weighted by atomic mass is 35.5. The van der Waals surface area contributed by atoms with Crippen LogP contribution in [0.15, 0.2) is 36.4 Å². The summed E-state index contributed by atoms with van der Waals surface area (Å²) in [6.07, 6.45) is 0. The van der Waals surface area contributed by atoms with Gasteiger partial charge in [-0.05, 0) is 18.2 Å². The number of aromatic hydroxyl groups is 1. The normalized spacial score (nSPS) is 10.3. The Hall–Kier alpha value is -1.87. The fourth-order valence-electron chi connectivity index (χ4n) is 1.51. The van der Waals surface area contributed by atoms with Crippen LogP contribution in [-0.4, -0.2) is 5.11 Å². The van der Waals surface area contributed by atoms with Gasteiger partial charge in [0.15, 0.2) is 0 Å². The summed E-state index contributed by atoms with van der Waals surface area (Å²) < 4.78 is 0. The van der Waals surface area contributed by atoms with Crippen molar-refractivity contribution in [1.29, 1.82) is 0 Å². The molecule has 0 aromatic heterocycles. The second-order valence-electron chi connectivity index (χ2n) is 3.48. The van der Waals surface area contributed by atoms with Crippen LogP contribution in [0.25, 0.3) is 11.1 Å². The van der Waals surface area contributed by atoms with Crippen molar-refractivity contribution < 1.29 is 5.11 Å². The molecule has 0 heterocycles. The first kappa shape index (κ1) is 10.6. The molecule has 16 heavy (non-hydrogen) atoms. The quantitative estimate of drug-likeness (QED) is 0.665. The zero-order valence-electron chi connectivity index (χ0n) is 8.44. The highest BCUT2D eigenvalue weighted by molar-refractivity contribution is 6.34.